The smallest absolute Gasteiger partial charge is 0.255 e. The normalized spacial score (nSPS) is 18.0. The maximum absolute atomic E-state index is 12.6. The largest absolute Gasteiger partial charge is 0.384 e. The summed E-state index contributed by atoms with van der Waals surface area (Å²) in [5.74, 6) is 5.29. The van der Waals surface area contributed by atoms with Gasteiger partial charge in [0.05, 0.1) is 17.2 Å². The molecule has 1 N–H and O–H groups in total. The van der Waals surface area contributed by atoms with E-state index in [-0.39, 0.29) is 18.6 Å². The number of ether oxygens (including phenoxy) is 1. The molecule has 0 saturated carbocycles. The van der Waals surface area contributed by atoms with Crippen molar-refractivity contribution in [1.82, 2.24) is 9.88 Å². The van der Waals surface area contributed by atoms with Crippen molar-refractivity contribution in [2.45, 2.75) is 25.9 Å². The molecule has 0 aliphatic carbocycles. The highest BCUT2D eigenvalue weighted by atomic mass is 16.5. The molecule has 2 rings (SSSR count). The topological polar surface area (TPSA) is 62.7 Å². The summed E-state index contributed by atoms with van der Waals surface area (Å²) in [6.07, 6.45) is 5.19. The van der Waals surface area contributed by atoms with Crippen molar-refractivity contribution < 1.29 is 14.6 Å². The first kappa shape index (κ1) is 15.5. The first-order chi connectivity index (χ1) is 10.3. The second kappa shape index (κ2) is 7.77. The van der Waals surface area contributed by atoms with Crippen molar-refractivity contribution >= 4 is 5.91 Å². The van der Waals surface area contributed by atoms with Crippen molar-refractivity contribution in [2.24, 2.45) is 0 Å². The Morgan fingerprint density at radius 1 is 1.62 bits per heavy atom. The molecule has 1 amide bonds. The van der Waals surface area contributed by atoms with E-state index >= 15 is 0 Å². The molecule has 1 aliphatic heterocycles. The van der Waals surface area contributed by atoms with Gasteiger partial charge in [0, 0.05) is 32.1 Å². The molecule has 1 saturated heterocycles. The van der Waals surface area contributed by atoms with Gasteiger partial charge in [-0.25, -0.2) is 0 Å². The van der Waals surface area contributed by atoms with Gasteiger partial charge < -0.3 is 14.7 Å². The molecule has 1 fully saturated rings. The lowest BCUT2D eigenvalue weighted by molar-refractivity contribution is 0.00723. The molecule has 112 valence electrons. The zero-order valence-electron chi connectivity index (χ0n) is 12.2. The fourth-order valence-corrected chi connectivity index (χ4v) is 2.48. The second-order valence-electron chi connectivity index (χ2n) is 4.85. The Morgan fingerprint density at radius 3 is 3.24 bits per heavy atom. The van der Waals surface area contributed by atoms with Crippen LogP contribution in [0.1, 0.15) is 35.7 Å². The number of rotatable bonds is 3. The van der Waals surface area contributed by atoms with Gasteiger partial charge in [-0.1, -0.05) is 11.8 Å². The number of hydrogen-bond donors (Lipinski definition) is 1. The lowest BCUT2D eigenvalue weighted by Gasteiger charge is -2.32. The number of aliphatic hydroxyl groups is 1. The number of piperidine rings is 1. The first-order valence-electron chi connectivity index (χ1n) is 7.21. The summed E-state index contributed by atoms with van der Waals surface area (Å²) in [4.78, 5) is 18.4. The number of hydrogen-bond acceptors (Lipinski definition) is 4. The van der Waals surface area contributed by atoms with Crippen molar-refractivity contribution in [2.75, 3.05) is 26.3 Å². The Balaban J connectivity index is 2.16. The summed E-state index contributed by atoms with van der Waals surface area (Å²) in [7, 11) is 0. The van der Waals surface area contributed by atoms with Crippen LogP contribution in [0.15, 0.2) is 18.5 Å². The van der Waals surface area contributed by atoms with Crippen molar-refractivity contribution in [3.63, 3.8) is 0 Å². The summed E-state index contributed by atoms with van der Waals surface area (Å²) in [5, 5.41) is 8.79. The SMILES string of the molecule is CCOC1CCCN(C(=O)c2ccncc2C#CCO)C1. The predicted octanol–water partition coefficient (Wildman–Crippen LogP) is 1.07. The Labute approximate surface area is 124 Å². The summed E-state index contributed by atoms with van der Waals surface area (Å²) in [5.41, 5.74) is 1.08. The van der Waals surface area contributed by atoms with E-state index in [2.05, 4.69) is 16.8 Å². The molecule has 1 aromatic rings. The highest BCUT2D eigenvalue weighted by molar-refractivity contribution is 5.96. The van der Waals surface area contributed by atoms with Crippen LogP contribution in [0.4, 0.5) is 0 Å². The number of pyridine rings is 1. The van der Waals surface area contributed by atoms with Crippen molar-refractivity contribution in [1.29, 1.82) is 0 Å². The monoisotopic (exact) mass is 288 g/mol. The molecule has 0 aromatic carbocycles. The van der Waals surface area contributed by atoms with Crippen LogP contribution < -0.4 is 0 Å². The van der Waals surface area contributed by atoms with Crippen LogP contribution in [0.25, 0.3) is 0 Å². The molecule has 1 unspecified atom stereocenters. The molecular formula is C16H20N2O3. The van der Waals surface area contributed by atoms with E-state index in [9.17, 15) is 4.79 Å². The van der Waals surface area contributed by atoms with Gasteiger partial charge in [0.1, 0.15) is 6.61 Å². The van der Waals surface area contributed by atoms with Crippen molar-refractivity contribution in [3.8, 4) is 11.8 Å². The molecule has 1 aromatic heterocycles. The van der Waals surface area contributed by atoms with Crippen LogP contribution in [-0.4, -0.2) is 53.3 Å². The zero-order valence-corrected chi connectivity index (χ0v) is 12.2. The van der Waals surface area contributed by atoms with E-state index in [1.165, 1.54) is 0 Å². The van der Waals surface area contributed by atoms with Gasteiger partial charge in [0.25, 0.3) is 5.91 Å². The third kappa shape index (κ3) is 4.03. The number of aliphatic hydroxyl groups excluding tert-OH is 1. The Bertz CT molecular complexity index is 546. The first-order valence-corrected chi connectivity index (χ1v) is 7.21. The van der Waals surface area contributed by atoms with Gasteiger partial charge in [0.15, 0.2) is 0 Å². The molecule has 1 aliphatic rings. The van der Waals surface area contributed by atoms with E-state index < -0.39 is 0 Å². The van der Waals surface area contributed by atoms with Crippen LogP contribution in [0.3, 0.4) is 0 Å². The Hall–Kier alpha value is -1.90. The van der Waals surface area contributed by atoms with E-state index in [0.717, 1.165) is 19.4 Å². The average Bonchev–Trinajstić information content (AvgIpc) is 2.53. The lowest BCUT2D eigenvalue weighted by atomic mass is 10.0. The highest BCUT2D eigenvalue weighted by Crippen LogP contribution is 2.17. The van der Waals surface area contributed by atoms with E-state index in [1.54, 1.807) is 18.5 Å². The van der Waals surface area contributed by atoms with E-state index in [4.69, 9.17) is 9.84 Å². The summed E-state index contributed by atoms with van der Waals surface area (Å²) < 4.78 is 5.63. The number of carbonyl (C=O) groups is 1. The van der Waals surface area contributed by atoms with Crippen LogP contribution in [0.5, 0.6) is 0 Å². The van der Waals surface area contributed by atoms with Crippen LogP contribution >= 0.6 is 0 Å². The van der Waals surface area contributed by atoms with Gasteiger partial charge in [-0.15, -0.1) is 0 Å². The number of likely N-dealkylation sites (tertiary alicyclic amines) is 1. The predicted molar refractivity (Wildman–Crippen MR) is 78.8 cm³/mol. The third-order valence-corrected chi connectivity index (χ3v) is 3.42. The molecule has 5 heteroatoms. The standard InChI is InChI=1S/C16H20N2O3/c1-2-21-14-6-3-9-18(12-14)16(20)15-7-8-17-11-13(15)5-4-10-19/h7-8,11,14,19H,2-3,6,9-10,12H2,1H3. The molecular weight excluding hydrogens is 268 g/mol. The fraction of sp³-hybridized carbons (Fsp3) is 0.500. The fourth-order valence-electron chi connectivity index (χ4n) is 2.48. The minimum Gasteiger partial charge on any atom is -0.384 e. The lowest BCUT2D eigenvalue weighted by Crippen LogP contribution is -2.43. The van der Waals surface area contributed by atoms with Gasteiger partial charge in [-0.3, -0.25) is 9.78 Å². The minimum atomic E-state index is -0.237. The van der Waals surface area contributed by atoms with Crippen LogP contribution in [0.2, 0.25) is 0 Å². The number of nitrogens with zero attached hydrogens (tertiary/aromatic N) is 2. The average molecular weight is 288 g/mol. The van der Waals surface area contributed by atoms with Crippen molar-refractivity contribution in [3.05, 3.63) is 29.6 Å². The number of carbonyl (C=O) groups excluding carboxylic acids is 1. The van der Waals surface area contributed by atoms with Crippen LogP contribution in [0, 0.1) is 11.8 Å². The maximum Gasteiger partial charge on any atom is 0.255 e. The van der Waals surface area contributed by atoms with Gasteiger partial charge in [0.2, 0.25) is 0 Å². The number of amides is 1. The molecule has 2 heterocycles. The molecule has 0 spiro atoms. The number of aromatic nitrogens is 1. The molecule has 0 radical (unpaired) electrons. The van der Waals surface area contributed by atoms with E-state index in [1.807, 2.05) is 11.8 Å². The zero-order chi connectivity index (χ0) is 15.1. The quantitative estimate of drug-likeness (QED) is 0.845. The highest BCUT2D eigenvalue weighted by Gasteiger charge is 2.25. The minimum absolute atomic E-state index is 0.0518. The molecule has 1 atom stereocenters. The maximum atomic E-state index is 12.6. The summed E-state index contributed by atoms with van der Waals surface area (Å²) in [6.45, 7) is 3.74. The Morgan fingerprint density at radius 2 is 2.48 bits per heavy atom. The molecule has 5 nitrogen and oxygen atoms in total. The van der Waals surface area contributed by atoms with Gasteiger partial charge in [-0.2, -0.15) is 0 Å². The summed E-state index contributed by atoms with van der Waals surface area (Å²) in [6, 6.07) is 1.67. The Kier molecular flexibility index (Phi) is 5.73. The van der Waals surface area contributed by atoms with Gasteiger partial charge >= 0.3 is 0 Å². The van der Waals surface area contributed by atoms with Gasteiger partial charge in [-0.05, 0) is 25.8 Å². The molecule has 21 heavy (non-hydrogen) atoms. The van der Waals surface area contributed by atoms with E-state index in [0.29, 0.717) is 24.3 Å². The second-order valence-corrected chi connectivity index (χ2v) is 4.85. The third-order valence-electron chi connectivity index (χ3n) is 3.42. The van der Waals surface area contributed by atoms with Crippen LogP contribution in [-0.2, 0) is 4.74 Å². The summed E-state index contributed by atoms with van der Waals surface area (Å²) >= 11 is 0. The molecule has 0 bridgehead atoms.